The van der Waals surface area contributed by atoms with Crippen LogP contribution < -0.4 is 14.8 Å². The van der Waals surface area contributed by atoms with Gasteiger partial charge in [0.1, 0.15) is 18.2 Å². The number of anilines is 1. The Hall–Kier alpha value is -5.65. The Labute approximate surface area is 421 Å². The number of halogens is 4. The van der Waals surface area contributed by atoms with Crippen molar-refractivity contribution in [3.05, 3.63) is 147 Å². The number of rotatable bonds is 19. The van der Waals surface area contributed by atoms with E-state index in [-0.39, 0.29) is 88.3 Å². The van der Waals surface area contributed by atoms with Crippen molar-refractivity contribution in [2.24, 2.45) is 11.8 Å². The Morgan fingerprint density at radius 2 is 1.54 bits per heavy atom. The molecule has 4 atom stereocenters. The van der Waals surface area contributed by atoms with Gasteiger partial charge in [-0.15, -0.1) is 0 Å². The van der Waals surface area contributed by atoms with Gasteiger partial charge in [0.25, 0.3) is 5.91 Å². The van der Waals surface area contributed by atoms with Crippen LogP contribution in [0.25, 0.3) is 0 Å². The minimum absolute atomic E-state index is 0.00732. The molecule has 5 aromatic rings. The molecule has 13 nitrogen and oxygen atoms in total. The predicted molar refractivity (Wildman–Crippen MR) is 262 cm³/mol. The Bertz CT molecular complexity index is 2810. The number of hydrogen-bond donors (Lipinski definition) is 1. The van der Waals surface area contributed by atoms with Crippen molar-refractivity contribution in [2.45, 2.75) is 93.5 Å². The molecular formula is C53H54Cl2F2N4O9S. The second-order valence-corrected chi connectivity index (χ2v) is 21.3. The number of amides is 1. The summed E-state index contributed by atoms with van der Waals surface area (Å²) in [5.74, 6) is -1.62. The molecule has 71 heavy (non-hydrogen) atoms. The standard InChI is InChI=1S/C53H54Cl2F2N4O9S/c54-43-29-58-30-44(55)42(43)27-47(37-17-18-46(70-53(56)57)48(26-37)67-32-33-15-16-33)69-52(64)45-14-4-5-21-61(45)71(65,66)40-13-7-11-38(25-40)51(63)59-39-12-6-10-36(24-39)41(34-8-2-1-3-9-34)28-50(62)68-49-31-60-22-19-35(49)20-23-60/h1-3,6-13,17-18,24-26,29-30,33,35,41,45,47,49,53H,4-5,14-16,19-23,27-28,31-32H2,(H,59,63)/t41-,45-,47-,49-/m0/s1. The summed E-state index contributed by atoms with van der Waals surface area (Å²) in [6, 6.07) is 25.4. The van der Waals surface area contributed by atoms with Crippen molar-refractivity contribution in [2.75, 3.05) is 38.1 Å². The zero-order valence-corrected chi connectivity index (χ0v) is 41.1. The third-order valence-corrected chi connectivity index (χ3v) is 16.3. The van der Waals surface area contributed by atoms with Crippen LogP contribution in [0.3, 0.4) is 0 Å². The first-order valence-corrected chi connectivity index (χ1v) is 26.2. The first-order chi connectivity index (χ1) is 34.3. The number of nitrogens with one attached hydrogen (secondary N) is 1. The molecule has 0 radical (unpaired) electrons. The van der Waals surface area contributed by atoms with Crippen LogP contribution in [0.4, 0.5) is 14.5 Å². The number of aromatic nitrogens is 1. The van der Waals surface area contributed by atoms with Crippen molar-refractivity contribution < 1.29 is 50.5 Å². The Balaban J connectivity index is 0.923. The van der Waals surface area contributed by atoms with Crippen molar-refractivity contribution in [1.82, 2.24) is 14.2 Å². The molecule has 5 fully saturated rings. The molecular weight excluding hydrogens is 978 g/mol. The van der Waals surface area contributed by atoms with E-state index in [9.17, 15) is 31.6 Å². The van der Waals surface area contributed by atoms with E-state index in [2.05, 4.69) is 15.2 Å². The molecule has 0 unspecified atom stereocenters. The van der Waals surface area contributed by atoms with Crippen molar-refractivity contribution in [3.63, 3.8) is 0 Å². The highest BCUT2D eigenvalue weighted by atomic mass is 35.5. The SMILES string of the molecule is O=C(C[C@@H](c1ccccc1)c1cccc(NC(=O)c2cccc(S(=O)(=O)N3CCCC[C@H]3C(=O)O[C@@H](Cc3c(Cl)cncc3Cl)c3ccc(OC(F)F)c(OCC4CC4)c3)c2)c1)O[C@H]1CN2CCC1CC2. The maximum atomic E-state index is 14.6. The number of benzene rings is 4. The van der Waals surface area contributed by atoms with Crippen molar-refractivity contribution in [1.29, 1.82) is 0 Å². The van der Waals surface area contributed by atoms with E-state index in [1.807, 2.05) is 36.4 Å². The number of carbonyl (C=O) groups is 3. The van der Waals surface area contributed by atoms with Crippen LogP contribution in [-0.4, -0.2) is 92.0 Å². The van der Waals surface area contributed by atoms with Crippen LogP contribution in [0.2, 0.25) is 10.0 Å². The number of piperidine rings is 4. The predicted octanol–water partition coefficient (Wildman–Crippen LogP) is 10.3. The van der Waals surface area contributed by atoms with Gasteiger partial charge in [-0.05, 0) is 135 Å². The van der Waals surface area contributed by atoms with Gasteiger partial charge in [-0.3, -0.25) is 24.3 Å². The number of pyridine rings is 1. The quantitative estimate of drug-likeness (QED) is 0.0787. The zero-order valence-electron chi connectivity index (χ0n) is 38.8. The van der Waals surface area contributed by atoms with Crippen LogP contribution in [0, 0.1) is 11.8 Å². The lowest BCUT2D eigenvalue weighted by molar-refractivity contribution is -0.159. The lowest BCUT2D eigenvalue weighted by Gasteiger charge is -2.44. The van der Waals surface area contributed by atoms with Gasteiger partial charge in [-0.2, -0.15) is 13.1 Å². The second kappa shape index (κ2) is 22.4. The fourth-order valence-electron chi connectivity index (χ4n) is 9.73. The normalized spacial score (nSPS) is 21.0. The Morgan fingerprint density at radius 1 is 0.789 bits per heavy atom. The summed E-state index contributed by atoms with van der Waals surface area (Å²) in [6.07, 6.45) is 6.54. The lowest BCUT2D eigenvalue weighted by atomic mass is 9.85. The van der Waals surface area contributed by atoms with E-state index in [1.165, 1.54) is 54.9 Å². The van der Waals surface area contributed by atoms with Crippen LogP contribution in [0.1, 0.15) is 96.0 Å². The molecule has 1 amide bonds. The minimum atomic E-state index is -4.42. The summed E-state index contributed by atoms with van der Waals surface area (Å²) in [7, 11) is -4.42. The minimum Gasteiger partial charge on any atom is -0.489 e. The van der Waals surface area contributed by atoms with Crippen LogP contribution in [0.5, 0.6) is 11.5 Å². The van der Waals surface area contributed by atoms with E-state index in [0.717, 1.165) is 60.7 Å². The third-order valence-electron chi connectivity index (χ3n) is 13.8. The van der Waals surface area contributed by atoms with Gasteiger partial charge < -0.3 is 24.3 Å². The topological polar surface area (TPSA) is 154 Å². The van der Waals surface area contributed by atoms with E-state index in [0.29, 0.717) is 35.6 Å². The number of nitrogens with zero attached hydrogens (tertiary/aromatic N) is 3. The van der Waals surface area contributed by atoms with Gasteiger partial charge in [0.15, 0.2) is 11.5 Å². The molecule has 4 saturated heterocycles. The molecule has 18 heteroatoms. The summed E-state index contributed by atoms with van der Waals surface area (Å²) in [6.45, 7) is -0.0413. The van der Waals surface area contributed by atoms with Gasteiger partial charge in [0, 0.05) is 49.1 Å². The number of esters is 2. The molecule has 1 aliphatic carbocycles. The molecule has 1 aromatic heterocycles. The molecule has 374 valence electrons. The average molecular weight is 1030 g/mol. The molecule has 4 aliphatic heterocycles. The fourth-order valence-corrected chi connectivity index (χ4v) is 11.9. The molecule has 2 bridgehead atoms. The summed E-state index contributed by atoms with van der Waals surface area (Å²) in [5, 5.41) is 3.28. The fraction of sp³-hybridized carbons (Fsp3) is 0.396. The molecule has 5 aliphatic rings. The van der Waals surface area contributed by atoms with Crippen LogP contribution >= 0.6 is 23.2 Å². The van der Waals surface area contributed by atoms with Gasteiger partial charge in [0.05, 0.1) is 28.0 Å². The van der Waals surface area contributed by atoms with Crippen molar-refractivity contribution in [3.8, 4) is 11.5 Å². The van der Waals surface area contributed by atoms with Crippen molar-refractivity contribution >= 4 is 56.8 Å². The first kappa shape index (κ1) is 50.3. The number of hydrogen-bond acceptors (Lipinski definition) is 11. The Morgan fingerprint density at radius 3 is 2.25 bits per heavy atom. The molecule has 1 saturated carbocycles. The highest BCUT2D eigenvalue weighted by molar-refractivity contribution is 7.89. The zero-order chi connectivity index (χ0) is 49.6. The lowest BCUT2D eigenvalue weighted by Crippen LogP contribution is -2.52. The summed E-state index contributed by atoms with van der Waals surface area (Å²) in [4.78, 5) is 48.0. The third kappa shape index (κ3) is 12.3. The van der Waals surface area contributed by atoms with E-state index < -0.39 is 40.7 Å². The number of ether oxygens (including phenoxy) is 4. The van der Waals surface area contributed by atoms with Gasteiger partial charge in [-0.25, -0.2) is 8.42 Å². The molecule has 5 heterocycles. The molecule has 4 aromatic carbocycles. The summed E-state index contributed by atoms with van der Waals surface area (Å²) >= 11 is 13.1. The van der Waals surface area contributed by atoms with E-state index >= 15 is 0 Å². The number of fused-ring (bicyclic) bond motifs is 3. The maximum Gasteiger partial charge on any atom is 0.387 e. The summed E-state index contributed by atoms with van der Waals surface area (Å²) in [5.41, 5.74) is 2.92. The second-order valence-electron chi connectivity index (χ2n) is 18.6. The van der Waals surface area contributed by atoms with Gasteiger partial charge in [0.2, 0.25) is 10.0 Å². The molecule has 10 rings (SSSR count). The monoisotopic (exact) mass is 1030 g/mol. The highest BCUT2D eigenvalue weighted by Crippen LogP contribution is 2.40. The number of alkyl halides is 2. The highest BCUT2D eigenvalue weighted by Gasteiger charge is 2.41. The summed E-state index contributed by atoms with van der Waals surface area (Å²) < 4.78 is 80.1. The maximum absolute atomic E-state index is 14.6. The first-order valence-electron chi connectivity index (χ1n) is 24.0. The average Bonchev–Trinajstić information content (AvgIpc) is 4.21. The Kier molecular flexibility index (Phi) is 15.9. The largest absolute Gasteiger partial charge is 0.489 e. The number of sulfonamides is 1. The van der Waals surface area contributed by atoms with Gasteiger partial charge in [-0.1, -0.05) is 77.8 Å². The van der Waals surface area contributed by atoms with Crippen LogP contribution in [0.15, 0.2) is 114 Å². The smallest absolute Gasteiger partial charge is 0.387 e. The van der Waals surface area contributed by atoms with Crippen LogP contribution in [-0.2, 0) is 35.5 Å². The van der Waals surface area contributed by atoms with Gasteiger partial charge >= 0.3 is 18.6 Å². The van der Waals surface area contributed by atoms with E-state index in [1.54, 1.807) is 18.2 Å². The molecule has 0 spiro atoms. The van der Waals surface area contributed by atoms with E-state index in [4.69, 9.17) is 42.1 Å². The number of carbonyl (C=O) groups excluding carboxylic acids is 3. The molecule has 1 N–H and O–H groups in total.